The SMILES string of the molecule is CC(C)c1cnc2ncc(C3CCNC3)n2c1. The maximum Gasteiger partial charge on any atom is 0.233 e. The summed E-state index contributed by atoms with van der Waals surface area (Å²) in [6.45, 7) is 6.54. The first kappa shape index (κ1) is 10.7. The molecule has 1 N–H and O–H groups in total. The van der Waals surface area contributed by atoms with Gasteiger partial charge in [-0.2, -0.15) is 0 Å². The van der Waals surface area contributed by atoms with Gasteiger partial charge in [-0.25, -0.2) is 9.97 Å². The van der Waals surface area contributed by atoms with Crippen LogP contribution < -0.4 is 5.32 Å². The van der Waals surface area contributed by atoms with Crippen LogP contribution in [0.4, 0.5) is 0 Å². The third-order valence-corrected chi connectivity index (χ3v) is 3.56. The zero-order chi connectivity index (χ0) is 11.8. The molecule has 4 heteroatoms. The van der Waals surface area contributed by atoms with E-state index in [4.69, 9.17) is 0 Å². The largest absolute Gasteiger partial charge is 0.316 e. The molecule has 0 aromatic carbocycles. The van der Waals surface area contributed by atoms with Gasteiger partial charge >= 0.3 is 0 Å². The standard InChI is InChI=1S/C13H18N4/c1-9(2)11-6-15-13-16-7-12(17(13)8-11)10-3-4-14-5-10/h6-10,14H,3-5H2,1-2H3. The van der Waals surface area contributed by atoms with Crippen molar-refractivity contribution in [2.75, 3.05) is 13.1 Å². The Hall–Kier alpha value is -1.42. The Balaban J connectivity index is 2.08. The van der Waals surface area contributed by atoms with E-state index in [1.54, 1.807) is 0 Å². The molecule has 1 atom stereocenters. The van der Waals surface area contributed by atoms with Crippen molar-refractivity contribution in [3.63, 3.8) is 0 Å². The van der Waals surface area contributed by atoms with E-state index in [9.17, 15) is 0 Å². The molecule has 17 heavy (non-hydrogen) atoms. The molecule has 3 heterocycles. The van der Waals surface area contributed by atoms with Gasteiger partial charge < -0.3 is 5.32 Å². The van der Waals surface area contributed by atoms with Gasteiger partial charge in [-0.3, -0.25) is 4.40 Å². The van der Waals surface area contributed by atoms with Crippen LogP contribution in [0.15, 0.2) is 18.6 Å². The highest BCUT2D eigenvalue weighted by Gasteiger charge is 2.20. The maximum atomic E-state index is 4.43. The van der Waals surface area contributed by atoms with Crippen LogP contribution in [0.2, 0.25) is 0 Å². The van der Waals surface area contributed by atoms with Gasteiger partial charge in [0.05, 0.1) is 6.20 Å². The zero-order valence-electron chi connectivity index (χ0n) is 10.3. The molecule has 0 saturated carbocycles. The second kappa shape index (κ2) is 4.11. The summed E-state index contributed by atoms with van der Waals surface area (Å²) in [5.74, 6) is 1.90. The predicted octanol–water partition coefficient (Wildman–Crippen LogP) is 1.93. The van der Waals surface area contributed by atoms with Gasteiger partial charge in [-0.1, -0.05) is 13.8 Å². The van der Waals surface area contributed by atoms with E-state index < -0.39 is 0 Å². The molecule has 0 amide bonds. The molecule has 90 valence electrons. The molecule has 0 bridgehead atoms. The van der Waals surface area contributed by atoms with Crippen LogP contribution in [-0.2, 0) is 0 Å². The molecule has 0 aliphatic carbocycles. The lowest BCUT2D eigenvalue weighted by Crippen LogP contribution is -2.09. The van der Waals surface area contributed by atoms with Crippen molar-refractivity contribution in [1.29, 1.82) is 0 Å². The third kappa shape index (κ3) is 1.82. The summed E-state index contributed by atoms with van der Waals surface area (Å²) in [6, 6.07) is 0. The quantitative estimate of drug-likeness (QED) is 0.857. The lowest BCUT2D eigenvalue weighted by molar-refractivity contribution is 0.720. The summed E-state index contributed by atoms with van der Waals surface area (Å²) < 4.78 is 2.16. The van der Waals surface area contributed by atoms with E-state index in [0.717, 1.165) is 18.9 Å². The monoisotopic (exact) mass is 230 g/mol. The number of nitrogens with zero attached hydrogens (tertiary/aromatic N) is 3. The number of nitrogens with one attached hydrogen (secondary N) is 1. The number of imidazole rings is 1. The fourth-order valence-corrected chi connectivity index (χ4v) is 2.41. The Labute approximate surface area is 101 Å². The van der Waals surface area contributed by atoms with E-state index in [2.05, 4.69) is 39.7 Å². The summed E-state index contributed by atoms with van der Waals surface area (Å²) in [6.07, 6.45) is 7.29. The minimum atomic E-state index is 0.504. The number of fused-ring (bicyclic) bond motifs is 1. The first-order valence-corrected chi connectivity index (χ1v) is 6.29. The van der Waals surface area contributed by atoms with Crippen molar-refractivity contribution in [3.8, 4) is 0 Å². The van der Waals surface area contributed by atoms with Gasteiger partial charge in [0.25, 0.3) is 0 Å². The average molecular weight is 230 g/mol. The van der Waals surface area contributed by atoms with Crippen molar-refractivity contribution in [2.45, 2.75) is 32.1 Å². The van der Waals surface area contributed by atoms with Crippen molar-refractivity contribution in [3.05, 3.63) is 29.8 Å². The Kier molecular flexibility index (Phi) is 2.59. The summed E-state index contributed by atoms with van der Waals surface area (Å²) in [4.78, 5) is 8.81. The van der Waals surface area contributed by atoms with Gasteiger partial charge in [0, 0.05) is 30.6 Å². The smallest absolute Gasteiger partial charge is 0.233 e. The minimum Gasteiger partial charge on any atom is -0.316 e. The predicted molar refractivity (Wildman–Crippen MR) is 67.3 cm³/mol. The van der Waals surface area contributed by atoms with Gasteiger partial charge in [0.15, 0.2) is 0 Å². The molecular formula is C13H18N4. The van der Waals surface area contributed by atoms with E-state index in [1.807, 2.05) is 12.4 Å². The van der Waals surface area contributed by atoms with Crippen LogP contribution in [0.1, 0.15) is 43.4 Å². The van der Waals surface area contributed by atoms with Crippen LogP contribution >= 0.6 is 0 Å². The van der Waals surface area contributed by atoms with Crippen LogP contribution in [0.25, 0.3) is 5.78 Å². The van der Waals surface area contributed by atoms with Crippen molar-refractivity contribution in [1.82, 2.24) is 19.7 Å². The summed E-state index contributed by atoms with van der Waals surface area (Å²) in [5.41, 5.74) is 2.56. The highest BCUT2D eigenvalue weighted by atomic mass is 15.1. The highest BCUT2D eigenvalue weighted by Crippen LogP contribution is 2.23. The number of aromatic nitrogens is 3. The molecular weight excluding hydrogens is 212 g/mol. The molecule has 1 saturated heterocycles. The molecule has 4 nitrogen and oxygen atoms in total. The van der Waals surface area contributed by atoms with Crippen molar-refractivity contribution in [2.24, 2.45) is 0 Å². The van der Waals surface area contributed by atoms with Crippen molar-refractivity contribution < 1.29 is 0 Å². The Morgan fingerprint density at radius 2 is 2.18 bits per heavy atom. The van der Waals surface area contributed by atoms with E-state index in [1.165, 1.54) is 17.7 Å². The highest BCUT2D eigenvalue weighted by molar-refractivity contribution is 5.34. The average Bonchev–Trinajstić information content (AvgIpc) is 2.96. The van der Waals surface area contributed by atoms with Crippen LogP contribution in [-0.4, -0.2) is 27.5 Å². The first-order chi connectivity index (χ1) is 8.25. The lowest BCUT2D eigenvalue weighted by Gasteiger charge is -2.10. The molecule has 0 spiro atoms. The lowest BCUT2D eigenvalue weighted by atomic mass is 10.1. The van der Waals surface area contributed by atoms with Crippen LogP contribution in [0.5, 0.6) is 0 Å². The fourth-order valence-electron chi connectivity index (χ4n) is 2.41. The molecule has 2 aromatic rings. The van der Waals surface area contributed by atoms with Crippen LogP contribution in [0.3, 0.4) is 0 Å². The number of rotatable bonds is 2. The summed E-state index contributed by atoms with van der Waals surface area (Å²) >= 11 is 0. The van der Waals surface area contributed by atoms with Gasteiger partial charge in [0.1, 0.15) is 0 Å². The minimum absolute atomic E-state index is 0.504. The second-order valence-electron chi connectivity index (χ2n) is 5.08. The van der Waals surface area contributed by atoms with Crippen LogP contribution in [0, 0.1) is 0 Å². The van der Waals surface area contributed by atoms with E-state index in [-0.39, 0.29) is 0 Å². The molecule has 1 aliphatic rings. The second-order valence-corrected chi connectivity index (χ2v) is 5.08. The topological polar surface area (TPSA) is 42.2 Å². The molecule has 1 fully saturated rings. The number of hydrogen-bond donors (Lipinski definition) is 1. The Bertz CT molecular complexity index is 523. The Morgan fingerprint density at radius 1 is 1.35 bits per heavy atom. The maximum absolute atomic E-state index is 4.43. The van der Waals surface area contributed by atoms with Gasteiger partial charge in [-0.15, -0.1) is 0 Å². The number of hydrogen-bond acceptors (Lipinski definition) is 3. The summed E-state index contributed by atoms with van der Waals surface area (Å²) in [7, 11) is 0. The fraction of sp³-hybridized carbons (Fsp3) is 0.538. The van der Waals surface area contributed by atoms with Gasteiger partial charge in [0.2, 0.25) is 5.78 Å². The summed E-state index contributed by atoms with van der Waals surface area (Å²) in [5, 5.41) is 3.40. The molecule has 0 radical (unpaired) electrons. The molecule has 2 aromatic heterocycles. The normalized spacial score (nSPS) is 20.5. The van der Waals surface area contributed by atoms with E-state index in [0.29, 0.717) is 11.8 Å². The zero-order valence-corrected chi connectivity index (χ0v) is 10.3. The third-order valence-electron chi connectivity index (χ3n) is 3.56. The van der Waals surface area contributed by atoms with Gasteiger partial charge in [-0.05, 0) is 24.4 Å². The van der Waals surface area contributed by atoms with Crippen molar-refractivity contribution >= 4 is 5.78 Å². The first-order valence-electron chi connectivity index (χ1n) is 6.29. The van der Waals surface area contributed by atoms with E-state index >= 15 is 0 Å². The molecule has 1 aliphatic heterocycles. The molecule has 3 rings (SSSR count). The molecule has 1 unspecified atom stereocenters. The Morgan fingerprint density at radius 3 is 2.88 bits per heavy atom.